The first-order valence-corrected chi connectivity index (χ1v) is 10.1. The fourth-order valence-electron chi connectivity index (χ4n) is 2.33. The predicted molar refractivity (Wildman–Crippen MR) is 104 cm³/mol. The third-order valence-corrected chi connectivity index (χ3v) is 5.76. The van der Waals surface area contributed by atoms with Gasteiger partial charge >= 0.3 is 6.36 Å². The summed E-state index contributed by atoms with van der Waals surface area (Å²) < 4.78 is 69.5. The van der Waals surface area contributed by atoms with Crippen molar-refractivity contribution in [1.82, 2.24) is 9.78 Å². The van der Waals surface area contributed by atoms with Crippen molar-refractivity contribution in [2.75, 3.05) is 4.72 Å². The summed E-state index contributed by atoms with van der Waals surface area (Å²) >= 11 is 11.5. The summed E-state index contributed by atoms with van der Waals surface area (Å²) in [6.07, 6.45) is -3.85. The van der Waals surface area contributed by atoms with Crippen molar-refractivity contribution in [3.63, 3.8) is 0 Å². The van der Waals surface area contributed by atoms with Crippen LogP contribution in [0.25, 0.3) is 5.69 Å². The van der Waals surface area contributed by atoms with Crippen LogP contribution >= 0.6 is 23.2 Å². The van der Waals surface area contributed by atoms with E-state index in [4.69, 9.17) is 23.2 Å². The van der Waals surface area contributed by atoms with Crippen LogP contribution in [0.5, 0.6) is 5.75 Å². The highest BCUT2D eigenvalue weighted by Gasteiger charge is 2.32. The Kier molecular flexibility index (Phi) is 5.97. The standard InChI is InChI=1S/C17H10Cl2F3N3O4S/c18-12-9-23-25(16(26)15(12)19)10-5-7-11(8-6-10)30(27,28)24-13-3-1-2-4-14(13)29-17(20,21)22/h1-9,24H. The summed E-state index contributed by atoms with van der Waals surface area (Å²) in [4.78, 5) is 11.8. The highest BCUT2D eigenvalue weighted by molar-refractivity contribution is 7.92. The van der Waals surface area contributed by atoms with Crippen LogP contribution in [0.3, 0.4) is 0 Å². The van der Waals surface area contributed by atoms with E-state index in [1.165, 1.54) is 24.3 Å². The molecular weight excluding hydrogens is 470 g/mol. The second-order valence-corrected chi connectivity index (χ2v) is 8.13. The van der Waals surface area contributed by atoms with Crippen molar-refractivity contribution in [1.29, 1.82) is 0 Å². The van der Waals surface area contributed by atoms with Crippen molar-refractivity contribution in [2.45, 2.75) is 11.3 Å². The van der Waals surface area contributed by atoms with Crippen LogP contribution in [0.4, 0.5) is 18.9 Å². The van der Waals surface area contributed by atoms with Gasteiger partial charge < -0.3 is 4.74 Å². The molecule has 0 saturated carbocycles. The van der Waals surface area contributed by atoms with E-state index in [1.807, 2.05) is 4.72 Å². The average molecular weight is 480 g/mol. The molecule has 0 fully saturated rings. The molecule has 0 aliphatic rings. The van der Waals surface area contributed by atoms with Crippen LogP contribution in [0.2, 0.25) is 10.0 Å². The zero-order valence-corrected chi connectivity index (χ0v) is 16.8. The van der Waals surface area contributed by atoms with Crippen molar-refractivity contribution >= 4 is 38.9 Å². The molecule has 2 aromatic carbocycles. The fraction of sp³-hybridized carbons (Fsp3) is 0.0588. The van der Waals surface area contributed by atoms with E-state index < -0.39 is 33.4 Å². The number of sulfonamides is 1. The molecule has 1 aromatic heterocycles. The summed E-state index contributed by atoms with van der Waals surface area (Å²) in [6, 6.07) is 9.50. The number of halogens is 5. The second-order valence-electron chi connectivity index (χ2n) is 5.67. The molecule has 0 atom stereocenters. The van der Waals surface area contributed by atoms with Gasteiger partial charge in [0.25, 0.3) is 15.6 Å². The topological polar surface area (TPSA) is 90.3 Å². The summed E-state index contributed by atoms with van der Waals surface area (Å²) in [5.41, 5.74) is -0.921. The molecule has 30 heavy (non-hydrogen) atoms. The Morgan fingerprint density at radius 1 is 1.03 bits per heavy atom. The molecule has 0 bridgehead atoms. The number of benzene rings is 2. The molecule has 0 spiro atoms. The molecule has 7 nitrogen and oxygen atoms in total. The van der Waals surface area contributed by atoms with Crippen molar-refractivity contribution < 1.29 is 26.3 Å². The molecule has 1 N–H and O–H groups in total. The van der Waals surface area contributed by atoms with Gasteiger partial charge in [0, 0.05) is 0 Å². The third-order valence-electron chi connectivity index (χ3n) is 3.63. The molecule has 0 saturated heterocycles. The molecule has 158 valence electrons. The molecule has 1 heterocycles. The molecule has 3 aromatic rings. The van der Waals surface area contributed by atoms with Crippen molar-refractivity contribution in [3.05, 3.63) is 75.1 Å². The van der Waals surface area contributed by atoms with Gasteiger partial charge in [0.2, 0.25) is 0 Å². The molecule has 0 aliphatic heterocycles. The maximum atomic E-state index is 12.6. The fourth-order valence-corrected chi connectivity index (χ4v) is 3.66. The number of alkyl halides is 3. The van der Waals surface area contributed by atoms with Gasteiger partial charge in [-0.05, 0) is 36.4 Å². The van der Waals surface area contributed by atoms with Gasteiger partial charge in [-0.25, -0.2) is 8.42 Å². The smallest absolute Gasteiger partial charge is 0.404 e. The van der Waals surface area contributed by atoms with Crippen LogP contribution in [-0.4, -0.2) is 24.6 Å². The van der Waals surface area contributed by atoms with Gasteiger partial charge in [0.05, 0.1) is 27.5 Å². The van der Waals surface area contributed by atoms with Gasteiger partial charge in [-0.2, -0.15) is 9.78 Å². The first kappa shape index (κ1) is 21.9. The zero-order valence-electron chi connectivity index (χ0n) is 14.5. The molecule has 0 unspecified atom stereocenters. The monoisotopic (exact) mass is 479 g/mol. The molecular formula is C17H10Cl2F3N3O4S. The van der Waals surface area contributed by atoms with Crippen molar-refractivity contribution in [2.24, 2.45) is 0 Å². The Morgan fingerprint density at radius 2 is 1.67 bits per heavy atom. The van der Waals surface area contributed by atoms with Crippen LogP contribution in [0.15, 0.2) is 64.4 Å². The lowest BCUT2D eigenvalue weighted by Gasteiger charge is -2.15. The largest absolute Gasteiger partial charge is 0.573 e. The van der Waals surface area contributed by atoms with Crippen LogP contribution in [0, 0.1) is 0 Å². The molecule has 0 radical (unpaired) electrons. The Morgan fingerprint density at radius 3 is 2.30 bits per heavy atom. The van der Waals surface area contributed by atoms with Crippen LogP contribution < -0.4 is 15.0 Å². The Balaban J connectivity index is 1.90. The lowest BCUT2D eigenvalue weighted by Crippen LogP contribution is -2.21. The number of anilines is 1. The van der Waals surface area contributed by atoms with Gasteiger partial charge in [-0.15, -0.1) is 13.2 Å². The number of ether oxygens (including phenoxy) is 1. The minimum atomic E-state index is -5.00. The van der Waals surface area contributed by atoms with Gasteiger partial charge in [-0.3, -0.25) is 9.52 Å². The number of hydrogen-bond acceptors (Lipinski definition) is 5. The maximum Gasteiger partial charge on any atom is 0.573 e. The van der Waals surface area contributed by atoms with Gasteiger partial charge in [0.1, 0.15) is 5.02 Å². The summed E-state index contributed by atoms with van der Waals surface area (Å²) in [6.45, 7) is 0. The molecule has 13 heteroatoms. The Hall–Kier alpha value is -2.76. The first-order valence-electron chi connectivity index (χ1n) is 7.89. The van der Waals surface area contributed by atoms with E-state index in [9.17, 15) is 26.4 Å². The molecule has 0 amide bonds. The predicted octanol–water partition coefficient (Wildman–Crippen LogP) is 4.24. The number of rotatable bonds is 5. The number of aromatic nitrogens is 2. The molecule has 0 aliphatic carbocycles. The number of nitrogens with one attached hydrogen (secondary N) is 1. The SMILES string of the molecule is O=c1c(Cl)c(Cl)cnn1-c1ccc(S(=O)(=O)Nc2ccccc2OC(F)(F)F)cc1. The van der Waals surface area contributed by atoms with E-state index in [0.29, 0.717) is 0 Å². The third kappa shape index (κ3) is 4.86. The number of nitrogens with zero attached hydrogens (tertiary/aromatic N) is 2. The van der Waals surface area contributed by atoms with Crippen LogP contribution in [-0.2, 0) is 10.0 Å². The maximum absolute atomic E-state index is 12.6. The lowest BCUT2D eigenvalue weighted by atomic mass is 10.3. The van der Waals surface area contributed by atoms with E-state index in [-0.39, 0.29) is 20.6 Å². The van der Waals surface area contributed by atoms with E-state index in [1.54, 1.807) is 0 Å². The highest BCUT2D eigenvalue weighted by atomic mass is 35.5. The quantitative estimate of drug-likeness (QED) is 0.590. The summed E-state index contributed by atoms with van der Waals surface area (Å²) in [7, 11) is -4.27. The normalized spacial score (nSPS) is 11.9. The van der Waals surface area contributed by atoms with E-state index in [0.717, 1.165) is 35.1 Å². The second kappa shape index (κ2) is 8.17. The van der Waals surface area contributed by atoms with E-state index in [2.05, 4.69) is 9.84 Å². The lowest BCUT2D eigenvalue weighted by molar-refractivity contribution is -0.274. The summed E-state index contributed by atoms with van der Waals surface area (Å²) in [5.74, 6) is -0.711. The number of para-hydroxylation sites is 2. The Labute approximate surface area is 177 Å². The van der Waals surface area contributed by atoms with Gasteiger partial charge in [-0.1, -0.05) is 35.3 Å². The Bertz CT molecular complexity index is 1250. The van der Waals surface area contributed by atoms with E-state index >= 15 is 0 Å². The van der Waals surface area contributed by atoms with Crippen molar-refractivity contribution in [3.8, 4) is 11.4 Å². The summed E-state index contributed by atoms with van der Waals surface area (Å²) in [5, 5.41) is 3.52. The van der Waals surface area contributed by atoms with Crippen LogP contribution in [0.1, 0.15) is 0 Å². The van der Waals surface area contributed by atoms with Gasteiger partial charge in [0.15, 0.2) is 5.75 Å². The molecule has 3 rings (SSSR count). The zero-order chi connectivity index (χ0) is 22.1. The first-order chi connectivity index (χ1) is 14.0. The highest BCUT2D eigenvalue weighted by Crippen LogP contribution is 2.31. The minimum Gasteiger partial charge on any atom is -0.404 e. The average Bonchev–Trinajstić information content (AvgIpc) is 2.67. The minimum absolute atomic E-state index is 0.0407. The number of hydrogen-bond donors (Lipinski definition) is 1.